The second-order valence-corrected chi connectivity index (χ2v) is 5.62. The van der Waals surface area contributed by atoms with Gasteiger partial charge in [0.1, 0.15) is 0 Å². The van der Waals surface area contributed by atoms with Crippen LogP contribution in [0.2, 0.25) is 0 Å². The molecule has 0 spiro atoms. The summed E-state index contributed by atoms with van der Waals surface area (Å²) < 4.78 is 0.936. The van der Waals surface area contributed by atoms with E-state index in [4.69, 9.17) is 5.11 Å². The average Bonchev–Trinajstić information content (AvgIpc) is 2.09. The summed E-state index contributed by atoms with van der Waals surface area (Å²) in [7, 11) is 0. The molecule has 0 saturated heterocycles. The van der Waals surface area contributed by atoms with Crippen LogP contribution in [0.3, 0.4) is 0 Å². The smallest absolute Gasteiger partial charge is 0.303 e. The summed E-state index contributed by atoms with van der Waals surface area (Å²) in [5, 5.41) is 11.8. The van der Waals surface area contributed by atoms with Crippen LogP contribution in [0.15, 0.2) is 11.1 Å². The molecule has 0 saturated carbocycles. The molecule has 0 unspecified atom stereocenters. The van der Waals surface area contributed by atoms with E-state index in [2.05, 4.69) is 41.7 Å². The van der Waals surface area contributed by atoms with Gasteiger partial charge >= 0.3 is 5.97 Å². The molecule has 0 radical (unpaired) electrons. The minimum absolute atomic E-state index is 0.0824. The molecule has 2 N–H and O–H groups in total. The Hall–Kier alpha value is -0.350. The Kier molecular flexibility index (Phi) is 6.85. The molecule has 0 aromatic rings. The van der Waals surface area contributed by atoms with Gasteiger partial charge in [-0.2, -0.15) is 0 Å². The predicted molar refractivity (Wildman–Crippen MR) is 66.2 cm³/mol. The van der Waals surface area contributed by atoms with Gasteiger partial charge in [-0.15, -0.1) is 0 Å². The molecule has 0 aromatic carbocycles. The Balaban J connectivity index is 3.64. The van der Waals surface area contributed by atoms with Gasteiger partial charge < -0.3 is 10.4 Å². The summed E-state index contributed by atoms with van der Waals surface area (Å²) in [6.07, 6.45) is 1.94. The number of carbonyl (C=O) groups is 1. The third-order valence-electron chi connectivity index (χ3n) is 2.31. The van der Waals surface area contributed by atoms with Crippen LogP contribution in [0.1, 0.15) is 33.1 Å². The zero-order valence-electron chi connectivity index (χ0n) is 9.48. The molecule has 0 heterocycles. The number of nitrogens with one attached hydrogen (secondary N) is 1. The maximum atomic E-state index is 10.4. The molecule has 88 valence electrons. The van der Waals surface area contributed by atoms with Crippen LogP contribution >= 0.6 is 15.9 Å². The van der Waals surface area contributed by atoms with Crippen LogP contribution in [0.25, 0.3) is 0 Å². The van der Waals surface area contributed by atoms with Crippen LogP contribution in [-0.2, 0) is 4.79 Å². The fraction of sp³-hybridized carbons (Fsp3) is 0.727. The zero-order chi connectivity index (χ0) is 11.9. The standard InChI is InChI=1S/C11H20BrNO2/c1-9(12)8-13-7-6-11(2,3)5-4-10(14)15/h13H,1,4-8H2,2-3H3,(H,14,15). The molecular weight excluding hydrogens is 258 g/mol. The normalized spacial score (nSPS) is 11.4. The maximum absolute atomic E-state index is 10.4. The first-order valence-electron chi connectivity index (χ1n) is 5.09. The fourth-order valence-electron chi connectivity index (χ4n) is 1.22. The van der Waals surface area contributed by atoms with E-state index in [9.17, 15) is 4.79 Å². The van der Waals surface area contributed by atoms with Gasteiger partial charge in [-0.25, -0.2) is 0 Å². The van der Waals surface area contributed by atoms with E-state index in [0.29, 0.717) is 0 Å². The first-order chi connectivity index (χ1) is 6.83. The summed E-state index contributed by atoms with van der Waals surface area (Å²) in [5.41, 5.74) is 0.0824. The van der Waals surface area contributed by atoms with Crippen molar-refractivity contribution in [2.45, 2.75) is 33.1 Å². The van der Waals surface area contributed by atoms with Gasteiger partial charge in [-0.05, 0) is 24.8 Å². The van der Waals surface area contributed by atoms with Crippen LogP contribution in [0.5, 0.6) is 0 Å². The molecule has 3 nitrogen and oxygen atoms in total. The zero-order valence-corrected chi connectivity index (χ0v) is 11.1. The molecule has 0 aliphatic heterocycles. The lowest BCUT2D eigenvalue weighted by molar-refractivity contribution is -0.137. The Labute approximate surface area is 100 Å². The van der Waals surface area contributed by atoms with Crippen LogP contribution in [0.4, 0.5) is 0 Å². The molecule has 0 atom stereocenters. The number of aliphatic carboxylic acids is 1. The summed E-state index contributed by atoms with van der Waals surface area (Å²) >= 11 is 3.27. The van der Waals surface area contributed by atoms with Crippen molar-refractivity contribution < 1.29 is 9.90 Å². The van der Waals surface area contributed by atoms with Crippen LogP contribution in [-0.4, -0.2) is 24.2 Å². The monoisotopic (exact) mass is 277 g/mol. The third kappa shape index (κ3) is 9.94. The van der Waals surface area contributed by atoms with E-state index >= 15 is 0 Å². The molecule has 4 heteroatoms. The highest BCUT2D eigenvalue weighted by Gasteiger charge is 2.18. The van der Waals surface area contributed by atoms with E-state index in [0.717, 1.165) is 30.4 Å². The van der Waals surface area contributed by atoms with Crippen LogP contribution in [0, 0.1) is 5.41 Å². The lowest BCUT2D eigenvalue weighted by Crippen LogP contribution is -2.23. The quantitative estimate of drug-likeness (QED) is 0.671. The fourth-order valence-corrected chi connectivity index (χ4v) is 1.42. The van der Waals surface area contributed by atoms with Gasteiger partial charge in [0, 0.05) is 17.4 Å². The van der Waals surface area contributed by atoms with Gasteiger partial charge in [0.05, 0.1) is 0 Å². The summed E-state index contributed by atoms with van der Waals surface area (Å²) in [6, 6.07) is 0. The van der Waals surface area contributed by atoms with Gasteiger partial charge in [-0.3, -0.25) is 4.79 Å². The molecule has 0 aliphatic rings. The number of rotatable bonds is 8. The van der Waals surface area contributed by atoms with Crippen molar-refractivity contribution in [3.63, 3.8) is 0 Å². The Morgan fingerprint density at radius 2 is 2.07 bits per heavy atom. The minimum atomic E-state index is -0.718. The van der Waals surface area contributed by atoms with Crippen molar-refractivity contribution >= 4 is 21.9 Å². The van der Waals surface area contributed by atoms with Crippen LogP contribution < -0.4 is 5.32 Å². The third-order valence-corrected chi connectivity index (χ3v) is 2.59. The Bertz CT molecular complexity index is 227. The average molecular weight is 278 g/mol. The first-order valence-corrected chi connectivity index (χ1v) is 5.88. The molecule has 0 fully saturated rings. The van der Waals surface area contributed by atoms with Crippen molar-refractivity contribution in [1.82, 2.24) is 5.32 Å². The van der Waals surface area contributed by atoms with E-state index < -0.39 is 5.97 Å². The summed E-state index contributed by atoms with van der Waals surface area (Å²) in [5.74, 6) is -0.718. The Morgan fingerprint density at radius 3 is 2.53 bits per heavy atom. The van der Waals surface area contributed by atoms with E-state index in [1.165, 1.54) is 0 Å². The highest BCUT2D eigenvalue weighted by molar-refractivity contribution is 9.11. The van der Waals surface area contributed by atoms with E-state index in [1.54, 1.807) is 0 Å². The Morgan fingerprint density at radius 1 is 1.47 bits per heavy atom. The molecular formula is C11H20BrNO2. The lowest BCUT2D eigenvalue weighted by atomic mass is 9.84. The van der Waals surface area contributed by atoms with Gasteiger partial charge in [0.15, 0.2) is 0 Å². The van der Waals surface area contributed by atoms with Crippen molar-refractivity contribution in [2.24, 2.45) is 5.41 Å². The second-order valence-electron chi connectivity index (χ2n) is 4.50. The second kappa shape index (κ2) is 7.01. The van der Waals surface area contributed by atoms with Crippen molar-refractivity contribution in [3.05, 3.63) is 11.1 Å². The first kappa shape index (κ1) is 14.6. The van der Waals surface area contributed by atoms with Gasteiger partial charge in [-0.1, -0.05) is 36.4 Å². The molecule has 15 heavy (non-hydrogen) atoms. The molecule has 0 bridgehead atoms. The number of hydrogen-bond acceptors (Lipinski definition) is 2. The van der Waals surface area contributed by atoms with Crippen molar-refractivity contribution in [1.29, 1.82) is 0 Å². The molecule has 0 aliphatic carbocycles. The molecule has 0 amide bonds. The SMILES string of the molecule is C=C(Br)CNCCC(C)(C)CCC(=O)O. The molecule has 0 aromatic heterocycles. The van der Waals surface area contributed by atoms with E-state index in [-0.39, 0.29) is 11.8 Å². The summed E-state index contributed by atoms with van der Waals surface area (Å²) in [6.45, 7) is 9.57. The molecule has 0 rings (SSSR count). The maximum Gasteiger partial charge on any atom is 0.303 e. The predicted octanol–water partition coefficient (Wildman–Crippen LogP) is 2.77. The van der Waals surface area contributed by atoms with E-state index in [1.807, 2.05) is 0 Å². The summed E-state index contributed by atoms with van der Waals surface area (Å²) in [4.78, 5) is 10.4. The number of halogens is 1. The minimum Gasteiger partial charge on any atom is -0.481 e. The topological polar surface area (TPSA) is 49.3 Å². The highest BCUT2D eigenvalue weighted by Crippen LogP contribution is 2.25. The largest absolute Gasteiger partial charge is 0.481 e. The van der Waals surface area contributed by atoms with Gasteiger partial charge in [0.2, 0.25) is 0 Å². The van der Waals surface area contributed by atoms with Gasteiger partial charge in [0.25, 0.3) is 0 Å². The number of hydrogen-bond donors (Lipinski definition) is 2. The number of carboxylic acids is 1. The lowest BCUT2D eigenvalue weighted by Gasteiger charge is -2.23. The highest BCUT2D eigenvalue weighted by atomic mass is 79.9. The van der Waals surface area contributed by atoms with Crippen molar-refractivity contribution in [2.75, 3.05) is 13.1 Å². The number of carboxylic acid groups (broad SMARTS) is 1. The van der Waals surface area contributed by atoms with Crippen molar-refractivity contribution in [3.8, 4) is 0 Å².